The second-order valence-electron chi connectivity index (χ2n) is 11.0. The normalized spacial score (nSPS) is 14.8. The van der Waals surface area contributed by atoms with Gasteiger partial charge >= 0.3 is 232 Å². The largest absolute Gasteiger partial charge is 1.00 e. The molecule has 0 spiro atoms. The zero-order valence-corrected chi connectivity index (χ0v) is 26.5. The molecule has 0 heterocycles. The van der Waals surface area contributed by atoms with Gasteiger partial charge < -0.3 is 24.8 Å². The van der Waals surface area contributed by atoms with E-state index in [1.165, 1.54) is 54.2 Å². The fourth-order valence-electron chi connectivity index (χ4n) is 7.19. The SMILES string of the molecule is C[C](C)=[Zr+2]([C]1=CCc2c1ccc1ccc3ccccc3c21)[CH]1C=Cc2c1c1ccccc1c1ccccc21.[Cl-].[Cl-]. The van der Waals surface area contributed by atoms with E-state index in [9.17, 15) is 0 Å². The van der Waals surface area contributed by atoms with E-state index in [0.717, 1.165) is 6.42 Å². The summed E-state index contributed by atoms with van der Waals surface area (Å²) in [4.78, 5) is 0. The van der Waals surface area contributed by atoms with E-state index < -0.39 is 21.3 Å². The van der Waals surface area contributed by atoms with Gasteiger partial charge in [0.1, 0.15) is 0 Å². The van der Waals surface area contributed by atoms with E-state index in [2.05, 4.69) is 129 Å². The summed E-state index contributed by atoms with van der Waals surface area (Å²) in [5.74, 6) is 0. The average molecular weight is 635 g/mol. The first-order valence-corrected chi connectivity index (χ1v) is 17.5. The van der Waals surface area contributed by atoms with E-state index in [-0.39, 0.29) is 24.8 Å². The van der Waals surface area contributed by atoms with Crippen molar-refractivity contribution in [3.8, 4) is 0 Å². The van der Waals surface area contributed by atoms with E-state index in [1.807, 2.05) is 0 Å². The Bertz CT molecular complexity index is 2080. The molecular formula is C37H28Cl2Zr. The first kappa shape index (κ1) is 27.3. The van der Waals surface area contributed by atoms with Crippen molar-refractivity contribution in [2.45, 2.75) is 23.9 Å². The van der Waals surface area contributed by atoms with Crippen molar-refractivity contribution in [3.63, 3.8) is 0 Å². The fourth-order valence-corrected chi connectivity index (χ4v) is 15.1. The zero-order valence-electron chi connectivity index (χ0n) is 22.5. The predicted octanol–water partition coefficient (Wildman–Crippen LogP) is 3.80. The second-order valence-corrected chi connectivity index (χ2v) is 18.3. The van der Waals surface area contributed by atoms with Gasteiger partial charge in [-0.1, -0.05) is 0 Å². The molecule has 0 bridgehead atoms. The fraction of sp³-hybridized carbons (Fsp3) is 0.108. The van der Waals surface area contributed by atoms with E-state index >= 15 is 0 Å². The van der Waals surface area contributed by atoms with Gasteiger partial charge in [-0.3, -0.25) is 0 Å². The maximum absolute atomic E-state index is 2.61. The van der Waals surface area contributed by atoms with Crippen LogP contribution in [0.15, 0.2) is 109 Å². The monoisotopic (exact) mass is 632 g/mol. The topological polar surface area (TPSA) is 0 Å². The standard InChI is InChI=1S/2C17H11.C3H6.2ClH.Zr/c1-3-8-14-12(6-1)13-7-2-4-9-15(13)17-11-5-10-16(14)17;1-2-6-15-12(4-1)8-10-14-11-9-13-5-3-7-16(13)17(14)15;1-3-2;;;/h1-11H;1-4,6,8-11H,7H2;1-2H3;2*1H;/q;;;;;+2/p-2. The van der Waals surface area contributed by atoms with Crippen LogP contribution < -0.4 is 24.8 Å². The molecule has 6 aromatic carbocycles. The number of rotatable bonds is 2. The Morgan fingerprint density at radius 2 is 1.25 bits per heavy atom. The third kappa shape index (κ3) is 3.93. The van der Waals surface area contributed by atoms with Gasteiger partial charge in [-0.25, -0.2) is 0 Å². The molecular weight excluding hydrogens is 607 g/mol. The van der Waals surface area contributed by atoms with Crippen LogP contribution in [0.3, 0.4) is 0 Å². The van der Waals surface area contributed by atoms with Crippen molar-refractivity contribution in [1.29, 1.82) is 0 Å². The predicted molar refractivity (Wildman–Crippen MR) is 163 cm³/mol. The van der Waals surface area contributed by atoms with Gasteiger partial charge in [0.2, 0.25) is 0 Å². The summed E-state index contributed by atoms with van der Waals surface area (Å²) < 4.78 is 3.88. The molecule has 0 aliphatic heterocycles. The molecule has 0 radical (unpaired) electrons. The summed E-state index contributed by atoms with van der Waals surface area (Å²) in [5, 5.41) is 11.2. The van der Waals surface area contributed by atoms with Crippen molar-refractivity contribution in [1.82, 2.24) is 0 Å². The number of fused-ring (bicyclic) bond motifs is 11. The minimum Gasteiger partial charge on any atom is -1.00 e. The molecule has 3 heteroatoms. The Balaban J connectivity index is 0.00000145. The molecule has 8 rings (SSSR count). The Labute approximate surface area is 255 Å². The van der Waals surface area contributed by atoms with Gasteiger partial charge in [-0.2, -0.15) is 0 Å². The van der Waals surface area contributed by atoms with Gasteiger partial charge in [0.15, 0.2) is 0 Å². The molecule has 0 N–H and O–H groups in total. The first-order valence-electron chi connectivity index (χ1n) is 13.6. The Morgan fingerprint density at radius 3 is 2.00 bits per heavy atom. The molecule has 1 atom stereocenters. The summed E-state index contributed by atoms with van der Waals surface area (Å²) in [6.45, 7) is 4.83. The molecule has 40 heavy (non-hydrogen) atoms. The Kier molecular flexibility index (Phi) is 7.20. The quantitative estimate of drug-likeness (QED) is 0.255. The van der Waals surface area contributed by atoms with Crippen LogP contribution in [0.2, 0.25) is 0 Å². The molecule has 0 nitrogen and oxygen atoms in total. The minimum atomic E-state index is -2.30. The van der Waals surface area contributed by atoms with Gasteiger partial charge in [0.05, 0.1) is 0 Å². The molecule has 2 aliphatic carbocycles. The van der Waals surface area contributed by atoms with Gasteiger partial charge in [-0.15, -0.1) is 0 Å². The third-order valence-corrected chi connectivity index (χ3v) is 16.7. The van der Waals surface area contributed by atoms with Crippen LogP contribution in [0, 0.1) is 0 Å². The van der Waals surface area contributed by atoms with E-state index in [4.69, 9.17) is 0 Å². The van der Waals surface area contributed by atoms with Crippen LogP contribution in [0.4, 0.5) is 0 Å². The minimum absolute atomic E-state index is 0. The summed E-state index contributed by atoms with van der Waals surface area (Å²) in [6.07, 6.45) is 8.68. The van der Waals surface area contributed by atoms with Crippen LogP contribution in [0.25, 0.3) is 52.4 Å². The summed E-state index contributed by atoms with van der Waals surface area (Å²) in [5.41, 5.74) is 6.10. The molecule has 0 saturated carbocycles. The number of halogens is 2. The zero-order chi connectivity index (χ0) is 25.4. The van der Waals surface area contributed by atoms with Gasteiger partial charge in [0, 0.05) is 0 Å². The van der Waals surface area contributed by atoms with Crippen molar-refractivity contribution in [2.75, 3.05) is 0 Å². The molecule has 6 aromatic rings. The van der Waals surface area contributed by atoms with Crippen molar-refractivity contribution in [3.05, 3.63) is 131 Å². The van der Waals surface area contributed by atoms with Crippen molar-refractivity contribution < 1.29 is 46.1 Å². The second kappa shape index (κ2) is 10.5. The molecule has 0 aromatic heterocycles. The van der Waals surface area contributed by atoms with Gasteiger partial charge in [0.25, 0.3) is 0 Å². The van der Waals surface area contributed by atoms with Crippen LogP contribution in [-0.4, -0.2) is 3.21 Å². The molecule has 1 unspecified atom stereocenters. The number of allylic oxidation sites excluding steroid dienone is 2. The van der Waals surface area contributed by atoms with Crippen LogP contribution in [0.1, 0.15) is 39.7 Å². The molecule has 194 valence electrons. The van der Waals surface area contributed by atoms with Gasteiger partial charge in [-0.05, 0) is 0 Å². The van der Waals surface area contributed by atoms with Crippen molar-refractivity contribution >= 4 is 55.7 Å². The van der Waals surface area contributed by atoms with E-state index in [1.54, 1.807) is 17.6 Å². The average Bonchev–Trinajstić information content (AvgIpc) is 3.59. The number of benzene rings is 6. The molecule has 0 amide bonds. The van der Waals surface area contributed by atoms with Crippen LogP contribution in [0.5, 0.6) is 0 Å². The Hall–Kier alpha value is -2.83. The summed E-state index contributed by atoms with van der Waals surface area (Å²) in [7, 11) is 0. The maximum Gasteiger partial charge on any atom is -1.00 e. The van der Waals surface area contributed by atoms with Crippen molar-refractivity contribution in [2.24, 2.45) is 0 Å². The molecule has 0 fully saturated rings. The maximum atomic E-state index is 2.61. The van der Waals surface area contributed by atoms with Crippen LogP contribution >= 0.6 is 0 Å². The summed E-state index contributed by atoms with van der Waals surface area (Å²) >= 11 is -2.30. The number of hydrogen-bond acceptors (Lipinski definition) is 0. The van der Waals surface area contributed by atoms with E-state index in [0.29, 0.717) is 3.63 Å². The Morgan fingerprint density at radius 1 is 0.650 bits per heavy atom. The third-order valence-electron chi connectivity index (χ3n) is 8.74. The first-order chi connectivity index (χ1) is 18.7. The number of hydrogen-bond donors (Lipinski definition) is 0. The molecule has 0 saturated heterocycles. The summed E-state index contributed by atoms with van der Waals surface area (Å²) in [6, 6.07) is 36.4. The molecule has 2 aliphatic rings. The van der Waals surface area contributed by atoms with Crippen LogP contribution in [-0.2, 0) is 27.7 Å². The smallest absolute Gasteiger partial charge is 1.00 e.